The number of ether oxygens (including phenoxy) is 1. The van der Waals surface area contributed by atoms with E-state index in [0.717, 1.165) is 0 Å². The van der Waals surface area contributed by atoms with Crippen molar-refractivity contribution in [2.45, 2.75) is 0 Å². The zero-order chi connectivity index (χ0) is 9.68. The second-order valence-corrected chi connectivity index (χ2v) is 2.38. The third-order valence-corrected chi connectivity index (χ3v) is 1.55. The van der Waals surface area contributed by atoms with Gasteiger partial charge in [0.15, 0.2) is 0 Å². The number of methoxy groups -OCH3 is 1. The number of aldehydes is 1. The van der Waals surface area contributed by atoms with Crippen LogP contribution in [0.4, 0.5) is 4.39 Å². The number of halogens is 1. The lowest BCUT2D eigenvalue weighted by Gasteiger charge is -2.03. The molecule has 0 aliphatic rings. The minimum atomic E-state index is -0.355. The molecule has 2 nitrogen and oxygen atoms in total. The van der Waals surface area contributed by atoms with Gasteiger partial charge in [0.1, 0.15) is 17.9 Å². The van der Waals surface area contributed by atoms with Gasteiger partial charge in [0, 0.05) is 5.56 Å². The van der Waals surface area contributed by atoms with E-state index >= 15 is 0 Å². The molecule has 1 rings (SSSR count). The molecule has 1 aromatic carbocycles. The van der Waals surface area contributed by atoms with Crippen molar-refractivity contribution in [1.82, 2.24) is 0 Å². The summed E-state index contributed by atoms with van der Waals surface area (Å²) in [5.41, 5.74) is 0.551. The van der Waals surface area contributed by atoms with Crippen LogP contribution in [-0.2, 0) is 4.79 Å². The van der Waals surface area contributed by atoms with E-state index in [1.54, 1.807) is 0 Å². The zero-order valence-electron chi connectivity index (χ0n) is 7.16. The first-order chi connectivity index (χ1) is 6.27. The fourth-order valence-corrected chi connectivity index (χ4v) is 0.978. The molecular weight excluding hydrogens is 171 g/mol. The lowest BCUT2D eigenvalue weighted by Crippen LogP contribution is -1.87. The van der Waals surface area contributed by atoms with Gasteiger partial charge in [-0.2, -0.15) is 0 Å². The Morgan fingerprint density at radius 2 is 2.23 bits per heavy atom. The van der Waals surface area contributed by atoms with E-state index in [1.807, 2.05) is 0 Å². The Kier molecular flexibility index (Phi) is 3.20. The lowest BCUT2D eigenvalue weighted by molar-refractivity contribution is -0.104. The van der Waals surface area contributed by atoms with Crippen LogP contribution in [0, 0.1) is 5.82 Å². The van der Waals surface area contributed by atoms with Gasteiger partial charge >= 0.3 is 0 Å². The summed E-state index contributed by atoms with van der Waals surface area (Å²) in [6, 6.07) is 4.12. The largest absolute Gasteiger partial charge is 0.496 e. The molecule has 68 valence electrons. The molecule has 3 heteroatoms. The molecule has 0 aliphatic heterocycles. The summed E-state index contributed by atoms with van der Waals surface area (Å²) in [5, 5.41) is 0. The summed E-state index contributed by atoms with van der Waals surface area (Å²) in [5.74, 6) is 0.186. The van der Waals surface area contributed by atoms with Crippen LogP contribution < -0.4 is 4.74 Å². The Morgan fingerprint density at radius 3 is 2.85 bits per heavy atom. The van der Waals surface area contributed by atoms with Gasteiger partial charge in [-0.15, -0.1) is 0 Å². The maximum atomic E-state index is 12.7. The number of carbonyl (C=O) groups excluding carboxylic acids is 1. The summed E-state index contributed by atoms with van der Waals surface area (Å²) in [6.45, 7) is 0. The molecule has 1 aromatic rings. The van der Waals surface area contributed by atoms with E-state index in [9.17, 15) is 9.18 Å². The molecule has 0 N–H and O–H groups in total. The summed E-state index contributed by atoms with van der Waals surface area (Å²) >= 11 is 0. The summed E-state index contributed by atoms with van der Waals surface area (Å²) in [6.07, 6.45) is 3.41. The quantitative estimate of drug-likeness (QED) is 0.525. The Morgan fingerprint density at radius 1 is 1.46 bits per heavy atom. The molecule has 0 bridgehead atoms. The Balaban J connectivity index is 3.07. The van der Waals surface area contributed by atoms with Crippen molar-refractivity contribution in [2.75, 3.05) is 7.11 Å². The van der Waals surface area contributed by atoms with Gasteiger partial charge in [-0.3, -0.25) is 4.79 Å². The van der Waals surface area contributed by atoms with Gasteiger partial charge in [-0.1, -0.05) is 0 Å². The highest BCUT2D eigenvalue weighted by Crippen LogP contribution is 2.20. The fourth-order valence-electron chi connectivity index (χ4n) is 0.978. The van der Waals surface area contributed by atoms with E-state index in [4.69, 9.17) is 4.74 Å². The smallest absolute Gasteiger partial charge is 0.142 e. The van der Waals surface area contributed by atoms with Gasteiger partial charge < -0.3 is 4.74 Å². The fraction of sp³-hybridized carbons (Fsp3) is 0.100. The zero-order valence-corrected chi connectivity index (χ0v) is 7.16. The third-order valence-electron chi connectivity index (χ3n) is 1.55. The number of benzene rings is 1. The minimum absolute atomic E-state index is 0.355. The van der Waals surface area contributed by atoms with Gasteiger partial charge in [0.2, 0.25) is 0 Å². The van der Waals surface area contributed by atoms with Crippen LogP contribution in [0.2, 0.25) is 0 Å². The Bertz CT molecular complexity index is 332. The summed E-state index contributed by atoms with van der Waals surface area (Å²) in [4.78, 5) is 10.0. The number of carbonyl (C=O) groups is 1. The average molecular weight is 180 g/mol. The van der Waals surface area contributed by atoms with Crippen molar-refractivity contribution in [3.05, 3.63) is 35.7 Å². The van der Waals surface area contributed by atoms with Gasteiger partial charge in [-0.05, 0) is 30.4 Å². The number of hydrogen-bond acceptors (Lipinski definition) is 2. The van der Waals surface area contributed by atoms with Gasteiger partial charge in [-0.25, -0.2) is 4.39 Å². The van der Waals surface area contributed by atoms with Crippen molar-refractivity contribution in [1.29, 1.82) is 0 Å². The van der Waals surface area contributed by atoms with E-state index in [-0.39, 0.29) is 5.82 Å². The van der Waals surface area contributed by atoms with Crippen molar-refractivity contribution in [3.8, 4) is 5.75 Å². The van der Waals surface area contributed by atoms with E-state index in [1.165, 1.54) is 37.5 Å². The van der Waals surface area contributed by atoms with Crippen LogP contribution in [0.15, 0.2) is 24.3 Å². The number of hydrogen-bond donors (Lipinski definition) is 0. The van der Waals surface area contributed by atoms with Crippen LogP contribution in [-0.4, -0.2) is 13.4 Å². The summed E-state index contributed by atoms with van der Waals surface area (Å²) < 4.78 is 17.7. The minimum Gasteiger partial charge on any atom is -0.496 e. The van der Waals surface area contributed by atoms with Crippen LogP contribution in [0.5, 0.6) is 5.75 Å². The maximum Gasteiger partial charge on any atom is 0.142 e. The van der Waals surface area contributed by atoms with Crippen LogP contribution in [0.25, 0.3) is 6.08 Å². The Hall–Kier alpha value is -1.64. The Labute approximate surface area is 75.6 Å². The van der Waals surface area contributed by atoms with Crippen molar-refractivity contribution in [3.63, 3.8) is 0 Å². The monoisotopic (exact) mass is 180 g/mol. The second-order valence-electron chi connectivity index (χ2n) is 2.38. The maximum absolute atomic E-state index is 12.7. The first-order valence-electron chi connectivity index (χ1n) is 3.73. The molecule has 0 spiro atoms. The molecule has 0 fully saturated rings. The van der Waals surface area contributed by atoms with E-state index in [2.05, 4.69) is 0 Å². The van der Waals surface area contributed by atoms with Crippen LogP contribution in [0.3, 0.4) is 0 Å². The highest BCUT2D eigenvalue weighted by Gasteiger charge is 1.99. The normalized spacial score (nSPS) is 10.3. The molecule has 0 radical (unpaired) electrons. The molecule has 13 heavy (non-hydrogen) atoms. The number of rotatable bonds is 3. The second kappa shape index (κ2) is 4.40. The van der Waals surface area contributed by atoms with Crippen molar-refractivity contribution >= 4 is 12.4 Å². The van der Waals surface area contributed by atoms with E-state index < -0.39 is 0 Å². The molecule has 0 unspecified atom stereocenters. The van der Waals surface area contributed by atoms with Crippen LogP contribution in [0.1, 0.15) is 5.56 Å². The summed E-state index contributed by atoms with van der Waals surface area (Å²) in [7, 11) is 1.49. The highest BCUT2D eigenvalue weighted by molar-refractivity contribution is 5.75. The molecule has 0 amide bonds. The highest BCUT2D eigenvalue weighted by atomic mass is 19.1. The molecule has 0 atom stereocenters. The molecular formula is C10H9FO2. The predicted molar refractivity (Wildman–Crippen MR) is 48.1 cm³/mol. The molecule has 0 saturated heterocycles. The lowest BCUT2D eigenvalue weighted by atomic mass is 10.2. The van der Waals surface area contributed by atoms with Gasteiger partial charge in [0.05, 0.1) is 7.11 Å². The molecule has 0 heterocycles. The SMILES string of the molecule is COc1ccc(F)cc1/C=C/C=O. The predicted octanol–water partition coefficient (Wildman–Crippen LogP) is 2.05. The third kappa shape index (κ3) is 2.40. The van der Waals surface area contributed by atoms with Crippen LogP contribution >= 0.6 is 0 Å². The molecule has 0 aromatic heterocycles. The standard InChI is InChI=1S/C10H9FO2/c1-13-10-5-4-9(11)7-8(10)3-2-6-12/h2-7H,1H3/b3-2+. The van der Waals surface area contributed by atoms with Crippen molar-refractivity contribution in [2.24, 2.45) is 0 Å². The topological polar surface area (TPSA) is 26.3 Å². The number of allylic oxidation sites excluding steroid dienone is 1. The molecule has 0 saturated carbocycles. The first-order valence-corrected chi connectivity index (χ1v) is 3.73. The van der Waals surface area contributed by atoms with Gasteiger partial charge in [0.25, 0.3) is 0 Å². The molecule has 0 aliphatic carbocycles. The van der Waals surface area contributed by atoms with E-state index in [0.29, 0.717) is 17.6 Å². The first kappa shape index (κ1) is 9.45. The average Bonchev–Trinajstić information content (AvgIpc) is 2.15. The van der Waals surface area contributed by atoms with Crippen molar-refractivity contribution < 1.29 is 13.9 Å².